The summed E-state index contributed by atoms with van der Waals surface area (Å²) >= 11 is 0. The summed E-state index contributed by atoms with van der Waals surface area (Å²) in [5.41, 5.74) is -1.49. The van der Waals surface area contributed by atoms with Gasteiger partial charge in [0, 0.05) is 0 Å². The van der Waals surface area contributed by atoms with Crippen LogP contribution < -0.4 is 0 Å². The molecule has 0 fully saturated rings. The van der Waals surface area contributed by atoms with Gasteiger partial charge in [-0.05, 0) is 12.0 Å². The minimum absolute atomic E-state index is 0. The van der Waals surface area contributed by atoms with Gasteiger partial charge in [0.25, 0.3) is 0 Å². The topological polar surface area (TPSA) is 74.6 Å². The average Bonchev–Trinajstić information content (AvgIpc) is 2.35. The predicted molar refractivity (Wildman–Crippen MR) is 75.5 cm³/mol. The number of rotatable bonds is 7. The predicted octanol–water partition coefficient (Wildman–Crippen LogP) is 2.52. The maximum absolute atomic E-state index is 11.5. The van der Waals surface area contributed by atoms with E-state index in [2.05, 4.69) is 0 Å². The van der Waals surface area contributed by atoms with E-state index in [4.69, 9.17) is 0 Å². The van der Waals surface area contributed by atoms with E-state index in [9.17, 15) is 19.8 Å². The van der Waals surface area contributed by atoms with Gasteiger partial charge in [-0.25, -0.2) is 0 Å². The zero-order valence-electron chi connectivity index (χ0n) is 13.1. The Morgan fingerprint density at radius 1 is 1.11 bits per heavy atom. The molecule has 4 nitrogen and oxygen atoms in total. The van der Waals surface area contributed by atoms with E-state index >= 15 is 0 Å². The van der Waals surface area contributed by atoms with Crippen LogP contribution in [-0.4, -0.2) is 59.9 Å². The van der Waals surface area contributed by atoms with Crippen LogP contribution >= 0.6 is 0 Å². The number of carbonyl (C=O) groups is 2. The third-order valence-corrected chi connectivity index (χ3v) is 3.15. The molecule has 2 N–H and O–H groups in total. The van der Waals surface area contributed by atoms with Crippen molar-refractivity contribution in [1.82, 2.24) is 0 Å². The molecule has 19 heavy (non-hydrogen) atoms. The molecular weight excluding hydrogens is 272 g/mol. The van der Waals surface area contributed by atoms with Gasteiger partial charge in [-0.3, -0.25) is 9.59 Å². The molecule has 0 aliphatic carbocycles. The Bertz CT molecular complexity index is 412. The number of benzene rings is 1. The Morgan fingerprint density at radius 2 is 1.63 bits per heavy atom. The molecule has 0 aliphatic rings. The van der Waals surface area contributed by atoms with Gasteiger partial charge in [0.2, 0.25) is 0 Å². The molecule has 1 rings (SSSR count). The van der Waals surface area contributed by atoms with Crippen molar-refractivity contribution in [3.05, 3.63) is 35.9 Å². The SMILES string of the molecule is CCCCCC(C(=O)O)(C(=O)O)c1ccccc1.[Ca+2].[H-].[H-]. The fraction of sp³-hybridized carbons (Fsp3) is 0.429. The monoisotopic (exact) mass is 292 g/mol. The van der Waals surface area contributed by atoms with Crippen LogP contribution in [-0.2, 0) is 15.0 Å². The number of carboxylic acid groups (broad SMARTS) is 2. The van der Waals surface area contributed by atoms with Crippen LogP contribution in [0.4, 0.5) is 0 Å². The summed E-state index contributed by atoms with van der Waals surface area (Å²) in [7, 11) is 0. The Kier molecular flexibility index (Phi) is 8.30. The second kappa shape index (κ2) is 8.56. The second-order valence-electron chi connectivity index (χ2n) is 4.34. The summed E-state index contributed by atoms with van der Waals surface area (Å²) in [6.07, 6.45) is 2.46. The Labute approximate surface area is 145 Å². The van der Waals surface area contributed by atoms with Crippen molar-refractivity contribution in [3.63, 3.8) is 0 Å². The Balaban J connectivity index is -0.00000108. The molecule has 0 spiro atoms. The summed E-state index contributed by atoms with van der Waals surface area (Å²) in [6, 6.07) is 8.19. The average molecular weight is 292 g/mol. The Hall–Kier alpha value is -0.580. The van der Waals surface area contributed by atoms with Crippen LogP contribution in [0.5, 0.6) is 0 Å². The summed E-state index contributed by atoms with van der Waals surface area (Å²) in [6.45, 7) is 1.99. The maximum Gasteiger partial charge on any atom is 2.00 e. The van der Waals surface area contributed by atoms with Crippen LogP contribution in [0.2, 0.25) is 0 Å². The zero-order valence-corrected chi connectivity index (χ0v) is 13.3. The van der Waals surface area contributed by atoms with E-state index in [0.29, 0.717) is 12.0 Å². The van der Waals surface area contributed by atoms with Crippen molar-refractivity contribution in [2.24, 2.45) is 0 Å². The summed E-state index contributed by atoms with van der Waals surface area (Å²) in [5.74, 6) is -2.59. The third-order valence-electron chi connectivity index (χ3n) is 3.15. The van der Waals surface area contributed by atoms with Crippen LogP contribution in [0.3, 0.4) is 0 Å². The summed E-state index contributed by atoms with van der Waals surface area (Å²) in [5, 5.41) is 18.7. The summed E-state index contributed by atoms with van der Waals surface area (Å²) < 4.78 is 0. The maximum atomic E-state index is 11.5. The van der Waals surface area contributed by atoms with Crippen molar-refractivity contribution in [3.8, 4) is 0 Å². The first-order valence-electron chi connectivity index (χ1n) is 6.08. The smallest absolute Gasteiger partial charge is 1.00 e. The van der Waals surface area contributed by atoms with Crippen molar-refractivity contribution in [2.75, 3.05) is 0 Å². The first-order valence-corrected chi connectivity index (χ1v) is 6.08. The molecule has 0 aromatic heterocycles. The van der Waals surface area contributed by atoms with Crippen LogP contribution in [0.15, 0.2) is 30.3 Å². The first-order chi connectivity index (χ1) is 8.55. The zero-order chi connectivity index (χ0) is 13.6. The molecule has 102 valence electrons. The number of carboxylic acids is 2. The summed E-state index contributed by atoms with van der Waals surface area (Å²) in [4.78, 5) is 23.0. The molecule has 0 aliphatic heterocycles. The van der Waals surface area contributed by atoms with E-state index < -0.39 is 17.4 Å². The van der Waals surface area contributed by atoms with E-state index in [0.717, 1.165) is 12.8 Å². The molecule has 5 heteroatoms. The van der Waals surface area contributed by atoms with E-state index in [1.54, 1.807) is 30.3 Å². The molecule has 0 saturated carbocycles. The number of aliphatic carboxylic acids is 2. The molecule has 0 unspecified atom stereocenters. The van der Waals surface area contributed by atoms with Crippen molar-refractivity contribution in [2.45, 2.75) is 38.0 Å². The van der Waals surface area contributed by atoms with Crippen molar-refractivity contribution >= 4 is 49.7 Å². The van der Waals surface area contributed by atoms with Gasteiger partial charge in [0.05, 0.1) is 0 Å². The molecule has 0 saturated heterocycles. The van der Waals surface area contributed by atoms with Gasteiger partial charge in [-0.15, -0.1) is 0 Å². The van der Waals surface area contributed by atoms with Gasteiger partial charge < -0.3 is 13.1 Å². The Morgan fingerprint density at radius 3 is 2.05 bits per heavy atom. The van der Waals surface area contributed by atoms with E-state index in [-0.39, 0.29) is 47.0 Å². The molecule has 0 bridgehead atoms. The molecule has 0 amide bonds. The third kappa shape index (κ3) is 4.20. The van der Waals surface area contributed by atoms with Crippen LogP contribution in [0.25, 0.3) is 0 Å². The standard InChI is InChI=1S/C14H18O4.Ca.2H/c1-2-3-7-10-14(12(15)16,13(17)18)11-8-5-4-6-9-11;;;/h4-6,8-9H,2-3,7,10H2,1H3,(H,15,16)(H,17,18);;;/q;+2;2*-1. The number of unbranched alkanes of at least 4 members (excludes halogenated alkanes) is 2. The van der Waals surface area contributed by atoms with Crippen molar-refractivity contribution < 1.29 is 22.7 Å². The van der Waals surface area contributed by atoms with Gasteiger partial charge in [-0.2, -0.15) is 0 Å². The van der Waals surface area contributed by atoms with Gasteiger partial charge >= 0.3 is 49.7 Å². The normalized spacial score (nSPS) is 10.6. The van der Waals surface area contributed by atoms with Crippen LogP contribution in [0.1, 0.15) is 41.0 Å². The van der Waals surface area contributed by atoms with Gasteiger partial charge in [0.15, 0.2) is 5.41 Å². The minimum Gasteiger partial charge on any atom is -1.00 e. The van der Waals surface area contributed by atoms with Gasteiger partial charge in [0.1, 0.15) is 0 Å². The quantitative estimate of drug-likeness (QED) is 0.460. The molecule has 0 atom stereocenters. The molecule has 1 aromatic carbocycles. The fourth-order valence-electron chi connectivity index (χ4n) is 2.06. The first kappa shape index (κ1) is 18.4. The van der Waals surface area contributed by atoms with Crippen LogP contribution in [0, 0.1) is 0 Å². The van der Waals surface area contributed by atoms with E-state index in [1.807, 2.05) is 6.92 Å². The number of hydrogen-bond donors (Lipinski definition) is 2. The van der Waals surface area contributed by atoms with Gasteiger partial charge in [-0.1, -0.05) is 56.5 Å². The van der Waals surface area contributed by atoms with Crippen molar-refractivity contribution in [1.29, 1.82) is 0 Å². The number of hydrogen-bond acceptors (Lipinski definition) is 2. The fourth-order valence-corrected chi connectivity index (χ4v) is 2.06. The molecular formula is C14H20CaO4. The minimum atomic E-state index is -1.82. The largest absolute Gasteiger partial charge is 2.00 e. The van der Waals surface area contributed by atoms with E-state index in [1.165, 1.54) is 0 Å². The molecule has 1 aromatic rings. The molecule has 0 heterocycles. The molecule has 0 radical (unpaired) electrons. The second-order valence-corrected chi connectivity index (χ2v) is 4.34.